The minimum Gasteiger partial charge on any atom is -0.388 e. The lowest BCUT2D eigenvalue weighted by Crippen LogP contribution is -2.06. The van der Waals surface area contributed by atoms with Crippen molar-refractivity contribution in [3.8, 4) is 0 Å². The summed E-state index contributed by atoms with van der Waals surface area (Å²) in [6, 6.07) is 9.56. The average Bonchev–Trinajstić information content (AvgIpc) is 2.66. The predicted molar refractivity (Wildman–Crippen MR) is 56.1 cm³/mol. The molecule has 15 heavy (non-hydrogen) atoms. The molecule has 1 atom stereocenters. The highest BCUT2D eigenvalue weighted by molar-refractivity contribution is 5.18. The van der Waals surface area contributed by atoms with E-state index in [4.69, 9.17) is 0 Å². The van der Waals surface area contributed by atoms with E-state index in [2.05, 4.69) is 10.2 Å². The highest BCUT2D eigenvalue weighted by atomic mass is 16.3. The van der Waals surface area contributed by atoms with Gasteiger partial charge in [0.15, 0.2) is 0 Å². The van der Waals surface area contributed by atoms with Crippen LogP contribution in [0.1, 0.15) is 17.5 Å². The number of aromatic nitrogens is 3. The number of benzene rings is 1. The van der Waals surface area contributed by atoms with E-state index in [9.17, 15) is 5.11 Å². The van der Waals surface area contributed by atoms with Gasteiger partial charge in [0.25, 0.3) is 0 Å². The third-order valence-corrected chi connectivity index (χ3v) is 2.37. The summed E-state index contributed by atoms with van der Waals surface area (Å²) in [5.41, 5.74) is 0.903. The van der Waals surface area contributed by atoms with E-state index >= 15 is 0 Å². The van der Waals surface area contributed by atoms with Gasteiger partial charge < -0.3 is 9.67 Å². The number of rotatable bonds is 3. The second kappa shape index (κ2) is 4.23. The monoisotopic (exact) mass is 203 g/mol. The molecule has 0 fully saturated rings. The van der Waals surface area contributed by atoms with Crippen LogP contribution in [-0.2, 0) is 13.5 Å². The first-order valence-electron chi connectivity index (χ1n) is 4.83. The molecular formula is C11H13N3O. The van der Waals surface area contributed by atoms with Crippen LogP contribution in [0.3, 0.4) is 0 Å². The van der Waals surface area contributed by atoms with Gasteiger partial charge in [0.05, 0.1) is 6.10 Å². The van der Waals surface area contributed by atoms with Crippen molar-refractivity contribution in [1.82, 2.24) is 14.8 Å². The SMILES string of the molecule is Cn1cnnc1CC(O)c1ccccc1. The van der Waals surface area contributed by atoms with Gasteiger partial charge in [-0.05, 0) is 5.56 Å². The third kappa shape index (κ3) is 2.22. The minimum absolute atomic E-state index is 0.487. The summed E-state index contributed by atoms with van der Waals surface area (Å²) in [4.78, 5) is 0. The van der Waals surface area contributed by atoms with Crippen molar-refractivity contribution in [3.05, 3.63) is 48.0 Å². The molecule has 2 rings (SSSR count). The van der Waals surface area contributed by atoms with Crippen molar-refractivity contribution in [1.29, 1.82) is 0 Å². The number of hydrogen-bond acceptors (Lipinski definition) is 3. The topological polar surface area (TPSA) is 50.9 Å². The van der Waals surface area contributed by atoms with Crippen molar-refractivity contribution < 1.29 is 5.11 Å². The summed E-state index contributed by atoms with van der Waals surface area (Å²) in [5.74, 6) is 0.784. The molecule has 4 heteroatoms. The van der Waals surface area contributed by atoms with Crippen LogP contribution in [0.25, 0.3) is 0 Å². The number of aliphatic hydroxyl groups excluding tert-OH is 1. The molecule has 1 heterocycles. The zero-order valence-corrected chi connectivity index (χ0v) is 8.54. The predicted octanol–water partition coefficient (Wildman–Crippen LogP) is 1.09. The molecule has 78 valence electrons. The molecule has 1 unspecified atom stereocenters. The first-order valence-corrected chi connectivity index (χ1v) is 4.83. The van der Waals surface area contributed by atoms with Gasteiger partial charge in [-0.25, -0.2) is 0 Å². The Morgan fingerprint density at radius 3 is 2.67 bits per heavy atom. The molecule has 0 radical (unpaired) electrons. The fraction of sp³-hybridized carbons (Fsp3) is 0.273. The number of aryl methyl sites for hydroxylation is 1. The Bertz CT molecular complexity index is 424. The lowest BCUT2D eigenvalue weighted by Gasteiger charge is -2.09. The van der Waals surface area contributed by atoms with Crippen LogP contribution in [0.4, 0.5) is 0 Å². The molecule has 0 bridgehead atoms. The number of nitrogens with zero attached hydrogens (tertiary/aromatic N) is 3. The zero-order valence-electron chi connectivity index (χ0n) is 8.54. The van der Waals surface area contributed by atoms with E-state index in [1.165, 1.54) is 0 Å². The maximum atomic E-state index is 9.94. The van der Waals surface area contributed by atoms with Crippen molar-refractivity contribution in [2.45, 2.75) is 12.5 Å². The van der Waals surface area contributed by atoms with Crippen LogP contribution in [-0.4, -0.2) is 19.9 Å². The van der Waals surface area contributed by atoms with Gasteiger partial charge in [0.2, 0.25) is 0 Å². The van der Waals surface area contributed by atoms with Crippen LogP contribution < -0.4 is 0 Å². The standard InChI is InChI=1S/C11H13N3O/c1-14-8-12-13-11(14)7-10(15)9-5-3-2-4-6-9/h2-6,8,10,15H,7H2,1H3. The van der Waals surface area contributed by atoms with Crippen molar-refractivity contribution in [3.63, 3.8) is 0 Å². The van der Waals surface area contributed by atoms with E-state index in [0.717, 1.165) is 11.4 Å². The molecule has 0 aliphatic heterocycles. The zero-order chi connectivity index (χ0) is 10.7. The lowest BCUT2D eigenvalue weighted by atomic mass is 10.1. The summed E-state index contributed by atoms with van der Waals surface area (Å²) in [7, 11) is 1.87. The van der Waals surface area contributed by atoms with Crippen LogP contribution in [0.5, 0.6) is 0 Å². The van der Waals surface area contributed by atoms with Crippen LogP contribution >= 0.6 is 0 Å². The molecule has 0 aliphatic rings. The Morgan fingerprint density at radius 2 is 2.07 bits per heavy atom. The highest BCUT2D eigenvalue weighted by Crippen LogP contribution is 2.15. The molecule has 1 aromatic heterocycles. The Kier molecular flexibility index (Phi) is 2.78. The second-order valence-corrected chi connectivity index (χ2v) is 3.49. The lowest BCUT2D eigenvalue weighted by molar-refractivity contribution is 0.174. The van der Waals surface area contributed by atoms with Gasteiger partial charge in [0.1, 0.15) is 12.2 Å². The molecule has 0 spiro atoms. The van der Waals surface area contributed by atoms with Gasteiger partial charge >= 0.3 is 0 Å². The van der Waals surface area contributed by atoms with Crippen molar-refractivity contribution in [2.75, 3.05) is 0 Å². The summed E-state index contributed by atoms with van der Waals surface area (Å²) in [6.45, 7) is 0. The number of aliphatic hydroxyl groups is 1. The molecule has 4 nitrogen and oxygen atoms in total. The first kappa shape index (κ1) is 9.86. The normalized spacial score (nSPS) is 12.7. The summed E-state index contributed by atoms with van der Waals surface area (Å²) >= 11 is 0. The molecule has 0 saturated carbocycles. The van der Waals surface area contributed by atoms with Crippen LogP contribution in [0.2, 0.25) is 0 Å². The van der Waals surface area contributed by atoms with E-state index in [-0.39, 0.29) is 0 Å². The Morgan fingerprint density at radius 1 is 1.33 bits per heavy atom. The van der Waals surface area contributed by atoms with Gasteiger partial charge in [-0.15, -0.1) is 10.2 Å². The number of hydrogen-bond donors (Lipinski definition) is 1. The van der Waals surface area contributed by atoms with Gasteiger partial charge in [-0.2, -0.15) is 0 Å². The Balaban J connectivity index is 2.11. The average molecular weight is 203 g/mol. The van der Waals surface area contributed by atoms with Crippen molar-refractivity contribution >= 4 is 0 Å². The van der Waals surface area contributed by atoms with Crippen LogP contribution in [0, 0.1) is 0 Å². The van der Waals surface area contributed by atoms with E-state index in [1.54, 1.807) is 6.33 Å². The second-order valence-electron chi connectivity index (χ2n) is 3.49. The first-order chi connectivity index (χ1) is 7.27. The molecule has 0 amide bonds. The van der Waals surface area contributed by atoms with E-state index in [0.29, 0.717) is 6.42 Å². The summed E-state index contributed by atoms with van der Waals surface area (Å²) in [6.07, 6.45) is 1.60. The maximum Gasteiger partial charge on any atom is 0.135 e. The maximum absolute atomic E-state index is 9.94. The minimum atomic E-state index is -0.519. The highest BCUT2D eigenvalue weighted by Gasteiger charge is 2.11. The molecule has 0 aliphatic carbocycles. The summed E-state index contributed by atoms with van der Waals surface area (Å²) < 4.78 is 1.81. The molecule has 1 aromatic carbocycles. The fourth-order valence-corrected chi connectivity index (χ4v) is 1.46. The van der Waals surface area contributed by atoms with E-state index < -0.39 is 6.10 Å². The van der Waals surface area contributed by atoms with Gasteiger partial charge in [-0.3, -0.25) is 0 Å². The summed E-state index contributed by atoms with van der Waals surface area (Å²) in [5, 5.41) is 17.6. The smallest absolute Gasteiger partial charge is 0.135 e. The largest absolute Gasteiger partial charge is 0.388 e. The van der Waals surface area contributed by atoms with Gasteiger partial charge in [0, 0.05) is 13.5 Å². The van der Waals surface area contributed by atoms with Crippen molar-refractivity contribution in [2.24, 2.45) is 7.05 Å². The molecule has 1 N–H and O–H groups in total. The molecule has 2 aromatic rings. The Hall–Kier alpha value is -1.68. The molecular weight excluding hydrogens is 190 g/mol. The van der Waals surface area contributed by atoms with Crippen LogP contribution in [0.15, 0.2) is 36.7 Å². The van der Waals surface area contributed by atoms with Gasteiger partial charge in [-0.1, -0.05) is 30.3 Å². The van der Waals surface area contributed by atoms with E-state index in [1.807, 2.05) is 41.9 Å². The quantitative estimate of drug-likeness (QED) is 0.812. The third-order valence-electron chi connectivity index (χ3n) is 2.37. The fourth-order valence-electron chi connectivity index (χ4n) is 1.46. The Labute approximate surface area is 88.2 Å². The molecule has 0 saturated heterocycles.